The first kappa shape index (κ1) is 14.0. The quantitative estimate of drug-likeness (QED) is 0.745. The van der Waals surface area contributed by atoms with Crippen molar-refractivity contribution in [2.45, 2.75) is 53.9 Å². The van der Waals surface area contributed by atoms with Gasteiger partial charge in [-0.3, -0.25) is 4.79 Å². The monoisotopic (exact) mass is 232 g/mol. The fourth-order valence-corrected chi connectivity index (χ4v) is 2.43. The number of ketones is 1. The van der Waals surface area contributed by atoms with Crippen LogP contribution in [0, 0.1) is 26.7 Å². The van der Waals surface area contributed by atoms with E-state index in [4.69, 9.17) is 0 Å². The summed E-state index contributed by atoms with van der Waals surface area (Å²) in [6, 6.07) is 4.41. The van der Waals surface area contributed by atoms with Crippen LogP contribution in [0.1, 0.15) is 48.9 Å². The van der Waals surface area contributed by atoms with Crippen molar-refractivity contribution in [1.29, 1.82) is 0 Å². The summed E-state index contributed by atoms with van der Waals surface area (Å²) in [6.45, 7) is 10.6. The predicted octanol–water partition coefficient (Wildman–Crippen LogP) is 4.16. The third kappa shape index (κ3) is 4.33. The Morgan fingerprint density at radius 1 is 1.12 bits per heavy atom. The third-order valence-electron chi connectivity index (χ3n) is 3.13. The van der Waals surface area contributed by atoms with Gasteiger partial charge in [-0.05, 0) is 49.8 Å². The molecular weight excluding hydrogens is 208 g/mol. The fraction of sp³-hybridized carbons (Fsp3) is 0.562. The zero-order valence-electron chi connectivity index (χ0n) is 11.8. The van der Waals surface area contributed by atoms with E-state index in [2.05, 4.69) is 46.8 Å². The average molecular weight is 232 g/mol. The van der Waals surface area contributed by atoms with E-state index in [1.165, 1.54) is 22.3 Å². The van der Waals surface area contributed by atoms with Crippen LogP contribution in [0.5, 0.6) is 0 Å². The Morgan fingerprint density at radius 3 is 2.12 bits per heavy atom. The molecule has 1 nitrogen and oxygen atoms in total. The third-order valence-corrected chi connectivity index (χ3v) is 3.13. The van der Waals surface area contributed by atoms with E-state index >= 15 is 0 Å². The smallest absolute Gasteiger partial charge is 0.133 e. The zero-order valence-corrected chi connectivity index (χ0v) is 11.8. The van der Waals surface area contributed by atoms with Crippen LogP contribution >= 0.6 is 0 Å². The molecule has 0 aliphatic heterocycles. The molecule has 0 aliphatic carbocycles. The SMILES string of the molecule is Cc1cc(C)c(CCC(=O)CC(C)C)c(C)c1. The molecular formula is C16H24O. The molecule has 1 aromatic rings. The molecule has 0 spiro atoms. The summed E-state index contributed by atoms with van der Waals surface area (Å²) < 4.78 is 0. The van der Waals surface area contributed by atoms with E-state index in [-0.39, 0.29) is 0 Å². The molecule has 1 heteroatoms. The summed E-state index contributed by atoms with van der Waals surface area (Å²) in [6.07, 6.45) is 2.29. The topological polar surface area (TPSA) is 17.1 Å². The van der Waals surface area contributed by atoms with Crippen molar-refractivity contribution >= 4 is 5.78 Å². The van der Waals surface area contributed by atoms with Gasteiger partial charge in [-0.1, -0.05) is 31.5 Å². The minimum absolute atomic E-state index is 0.388. The minimum Gasteiger partial charge on any atom is -0.300 e. The highest BCUT2D eigenvalue weighted by Gasteiger charge is 2.08. The molecule has 1 aromatic carbocycles. The molecule has 94 valence electrons. The van der Waals surface area contributed by atoms with Crippen LogP contribution in [0.4, 0.5) is 0 Å². The molecule has 0 unspecified atom stereocenters. The molecule has 1 rings (SSSR count). The summed E-state index contributed by atoms with van der Waals surface area (Å²) >= 11 is 0. The van der Waals surface area contributed by atoms with Gasteiger partial charge in [-0.2, -0.15) is 0 Å². The van der Waals surface area contributed by atoms with Crippen LogP contribution in [0.25, 0.3) is 0 Å². The van der Waals surface area contributed by atoms with Crippen molar-refractivity contribution in [2.75, 3.05) is 0 Å². The van der Waals surface area contributed by atoms with Crippen molar-refractivity contribution in [3.63, 3.8) is 0 Å². The van der Waals surface area contributed by atoms with Gasteiger partial charge in [0.2, 0.25) is 0 Å². The first-order valence-electron chi connectivity index (χ1n) is 6.48. The van der Waals surface area contributed by atoms with Gasteiger partial charge in [0.05, 0.1) is 0 Å². The molecule has 0 amide bonds. The Kier molecular flexibility index (Phi) is 4.92. The average Bonchev–Trinajstić information content (AvgIpc) is 2.14. The Hall–Kier alpha value is -1.11. The predicted molar refractivity (Wildman–Crippen MR) is 73.4 cm³/mol. The maximum Gasteiger partial charge on any atom is 0.133 e. The molecule has 0 aromatic heterocycles. The van der Waals surface area contributed by atoms with E-state index in [9.17, 15) is 4.79 Å². The summed E-state index contributed by atoms with van der Waals surface area (Å²) in [7, 11) is 0. The van der Waals surface area contributed by atoms with Crippen LogP contribution in [-0.2, 0) is 11.2 Å². The van der Waals surface area contributed by atoms with Gasteiger partial charge in [-0.15, -0.1) is 0 Å². The minimum atomic E-state index is 0.388. The van der Waals surface area contributed by atoms with Gasteiger partial charge in [0.15, 0.2) is 0 Å². The van der Waals surface area contributed by atoms with E-state index < -0.39 is 0 Å². The first-order valence-corrected chi connectivity index (χ1v) is 6.48. The van der Waals surface area contributed by atoms with Crippen molar-refractivity contribution in [3.05, 3.63) is 34.4 Å². The van der Waals surface area contributed by atoms with Gasteiger partial charge in [0.25, 0.3) is 0 Å². The molecule has 0 saturated heterocycles. The second-order valence-corrected chi connectivity index (χ2v) is 5.51. The Morgan fingerprint density at radius 2 is 1.65 bits per heavy atom. The number of hydrogen-bond donors (Lipinski definition) is 0. The van der Waals surface area contributed by atoms with Gasteiger partial charge < -0.3 is 0 Å². The number of Topliss-reactive ketones (excluding diaryl/α,β-unsaturated/α-hetero) is 1. The molecule has 0 bridgehead atoms. The summed E-state index contributed by atoms with van der Waals surface area (Å²) in [4.78, 5) is 11.7. The number of aryl methyl sites for hydroxylation is 3. The highest BCUT2D eigenvalue weighted by molar-refractivity contribution is 5.78. The lowest BCUT2D eigenvalue weighted by molar-refractivity contribution is -0.119. The number of hydrogen-bond acceptors (Lipinski definition) is 1. The highest BCUT2D eigenvalue weighted by Crippen LogP contribution is 2.18. The van der Waals surface area contributed by atoms with Crippen molar-refractivity contribution in [2.24, 2.45) is 5.92 Å². The summed E-state index contributed by atoms with van der Waals surface area (Å²) in [5.74, 6) is 0.863. The molecule has 0 saturated carbocycles. The molecule has 0 radical (unpaired) electrons. The molecule has 0 fully saturated rings. The van der Waals surface area contributed by atoms with Crippen molar-refractivity contribution in [1.82, 2.24) is 0 Å². The lowest BCUT2D eigenvalue weighted by atomic mass is 9.94. The number of carbonyl (C=O) groups is 1. The van der Waals surface area contributed by atoms with Gasteiger partial charge in [-0.25, -0.2) is 0 Å². The lowest BCUT2D eigenvalue weighted by Crippen LogP contribution is -2.05. The van der Waals surface area contributed by atoms with Crippen LogP contribution in [0.3, 0.4) is 0 Å². The molecule has 0 aliphatic rings. The number of carbonyl (C=O) groups excluding carboxylic acids is 1. The normalized spacial score (nSPS) is 10.9. The summed E-state index contributed by atoms with van der Waals surface area (Å²) in [5, 5.41) is 0. The number of rotatable bonds is 5. The zero-order chi connectivity index (χ0) is 13.0. The van der Waals surface area contributed by atoms with E-state index in [1.54, 1.807) is 0 Å². The number of benzene rings is 1. The first-order chi connectivity index (χ1) is 7.90. The van der Waals surface area contributed by atoms with Crippen molar-refractivity contribution in [3.8, 4) is 0 Å². The second-order valence-electron chi connectivity index (χ2n) is 5.51. The summed E-state index contributed by atoms with van der Waals surface area (Å²) in [5.41, 5.74) is 5.30. The van der Waals surface area contributed by atoms with Crippen LogP contribution in [0.2, 0.25) is 0 Å². The van der Waals surface area contributed by atoms with Crippen LogP contribution in [0.15, 0.2) is 12.1 Å². The van der Waals surface area contributed by atoms with E-state index in [0.29, 0.717) is 24.5 Å². The van der Waals surface area contributed by atoms with Crippen molar-refractivity contribution < 1.29 is 4.79 Å². The highest BCUT2D eigenvalue weighted by atomic mass is 16.1. The maximum atomic E-state index is 11.7. The standard InChI is InChI=1S/C16H24O/c1-11(2)8-15(17)6-7-16-13(4)9-12(3)10-14(16)5/h9-11H,6-8H2,1-5H3. The molecule has 17 heavy (non-hydrogen) atoms. The van der Waals surface area contributed by atoms with E-state index in [0.717, 1.165) is 6.42 Å². The fourth-order valence-electron chi connectivity index (χ4n) is 2.43. The van der Waals surface area contributed by atoms with E-state index in [1.807, 2.05) is 0 Å². The Balaban J connectivity index is 2.67. The Labute approximate surface area is 105 Å². The second kappa shape index (κ2) is 6.00. The largest absolute Gasteiger partial charge is 0.300 e. The molecule has 0 N–H and O–H groups in total. The Bertz CT molecular complexity index is 379. The molecule has 0 atom stereocenters. The maximum absolute atomic E-state index is 11.7. The van der Waals surface area contributed by atoms with Gasteiger partial charge >= 0.3 is 0 Å². The lowest BCUT2D eigenvalue weighted by Gasteiger charge is -2.11. The van der Waals surface area contributed by atoms with Gasteiger partial charge in [0.1, 0.15) is 5.78 Å². The van der Waals surface area contributed by atoms with Crippen LogP contribution in [-0.4, -0.2) is 5.78 Å². The van der Waals surface area contributed by atoms with Gasteiger partial charge in [0, 0.05) is 12.8 Å². The molecule has 0 heterocycles. The van der Waals surface area contributed by atoms with Crippen LogP contribution < -0.4 is 0 Å².